The highest BCUT2D eigenvalue weighted by atomic mass is 16.5. The molecule has 0 aliphatic rings. The first-order valence-corrected chi connectivity index (χ1v) is 4.49. The molecule has 0 fully saturated rings. The van der Waals surface area contributed by atoms with Crippen molar-refractivity contribution in [2.75, 3.05) is 7.11 Å². The van der Waals surface area contributed by atoms with Crippen molar-refractivity contribution in [3.63, 3.8) is 0 Å². The molecule has 0 aliphatic carbocycles. The summed E-state index contributed by atoms with van der Waals surface area (Å²) >= 11 is 0. The molecule has 1 nitrogen and oxygen atoms in total. The number of benzene rings is 1. The summed E-state index contributed by atoms with van der Waals surface area (Å²) in [4.78, 5) is 0. The van der Waals surface area contributed by atoms with E-state index in [0.717, 1.165) is 17.7 Å². The Bertz CT molecular complexity index is 393. The fraction of sp³-hybridized carbons (Fsp3) is 0.231. The van der Waals surface area contributed by atoms with Gasteiger partial charge in [0.2, 0.25) is 0 Å². The van der Waals surface area contributed by atoms with Crippen LogP contribution < -0.4 is 4.74 Å². The summed E-state index contributed by atoms with van der Waals surface area (Å²) in [6.07, 6.45) is 0.845. The predicted molar refractivity (Wildman–Crippen MR) is 57.9 cm³/mol. The molecule has 1 aromatic carbocycles. The molecule has 1 aromatic rings. The highest BCUT2D eigenvalue weighted by Crippen LogP contribution is 2.09. The Morgan fingerprint density at radius 1 is 1.14 bits per heavy atom. The van der Waals surface area contributed by atoms with Gasteiger partial charge in [-0.2, -0.15) is 0 Å². The van der Waals surface area contributed by atoms with Crippen LogP contribution in [0.15, 0.2) is 24.3 Å². The molecule has 0 unspecified atom stereocenters. The van der Waals surface area contributed by atoms with Gasteiger partial charge >= 0.3 is 0 Å². The van der Waals surface area contributed by atoms with Crippen LogP contribution in [0.5, 0.6) is 5.75 Å². The van der Waals surface area contributed by atoms with Crippen LogP contribution in [-0.2, 0) is 0 Å². The van der Waals surface area contributed by atoms with Crippen LogP contribution in [0.1, 0.15) is 18.9 Å². The standard InChI is InChI=1S/C13H12O/c1-3-4-5-6-7-12-8-10-13(14-2)11-9-12/h8-11H,3H2,1-2H3. The van der Waals surface area contributed by atoms with E-state index in [0.29, 0.717) is 0 Å². The Morgan fingerprint density at radius 2 is 1.86 bits per heavy atom. The van der Waals surface area contributed by atoms with Gasteiger partial charge in [-0.1, -0.05) is 18.8 Å². The fourth-order valence-electron chi connectivity index (χ4n) is 0.910. The van der Waals surface area contributed by atoms with E-state index in [4.69, 9.17) is 4.74 Å². The number of ether oxygens (including phenoxy) is 1. The second kappa shape index (κ2) is 5.73. The third-order valence-corrected chi connectivity index (χ3v) is 1.62. The van der Waals surface area contributed by atoms with Crippen LogP contribution in [0.25, 0.3) is 0 Å². The topological polar surface area (TPSA) is 9.23 Å². The number of rotatable bonds is 1. The predicted octanol–water partition coefficient (Wildman–Crippen LogP) is 2.46. The smallest absolute Gasteiger partial charge is 0.118 e. The van der Waals surface area contributed by atoms with E-state index < -0.39 is 0 Å². The molecule has 0 atom stereocenters. The molecule has 14 heavy (non-hydrogen) atoms. The average Bonchev–Trinajstić information content (AvgIpc) is 2.25. The quantitative estimate of drug-likeness (QED) is 0.609. The van der Waals surface area contributed by atoms with Crippen LogP contribution in [0, 0.1) is 23.7 Å². The van der Waals surface area contributed by atoms with Gasteiger partial charge in [-0.05, 0) is 36.1 Å². The van der Waals surface area contributed by atoms with E-state index in [9.17, 15) is 0 Å². The minimum atomic E-state index is 0.843. The second-order valence-corrected chi connectivity index (χ2v) is 2.63. The molecule has 70 valence electrons. The Hall–Kier alpha value is -1.86. The van der Waals surface area contributed by atoms with Gasteiger partial charge < -0.3 is 4.74 Å². The zero-order valence-electron chi connectivity index (χ0n) is 8.42. The Morgan fingerprint density at radius 3 is 2.43 bits per heavy atom. The van der Waals surface area contributed by atoms with Gasteiger partial charge in [0.15, 0.2) is 0 Å². The molecule has 0 heterocycles. The molecular weight excluding hydrogens is 172 g/mol. The van der Waals surface area contributed by atoms with Crippen LogP contribution in [-0.4, -0.2) is 7.11 Å². The van der Waals surface area contributed by atoms with Crippen molar-refractivity contribution in [1.82, 2.24) is 0 Å². The molecular formula is C13H12O. The SMILES string of the molecule is CCC#CC#Cc1ccc(OC)cc1. The van der Waals surface area contributed by atoms with Gasteiger partial charge in [0, 0.05) is 12.0 Å². The van der Waals surface area contributed by atoms with E-state index in [-0.39, 0.29) is 0 Å². The highest BCUT2D eigenvalue weighted by molar-refractivity contribution is 5.42. The van der Waals surface area contributed by atoms with E-state index in [1.54, 1.807) is 7.11 Å². The Balaban J connectivity index is 2.71. The summed E-state index contributed by atoms with van der Waals surface area (Å²) < 4.78 is 5.04. The zero-order chi connectivity index (χ0) is 10.2. The number of hydrogen-bond acceptors (Lipinski definition) is 1. The van der Waals surface area contributed by atoms with Gasteiger partial charge in [0.05, 0.1) is 7.11 Å². The lowest BCUT2D eigenvalue weighted by molar-refractivity contribution is 0.415. The Labute approximate surface area is 85.1 Å². The van der Waals surface area contributed by atoms with Crippen LogP contribution in [0.2, 0.25) is 0 Å². The molecule has 0 saturated heterocycles. The maximum atomic E-state index is 5.04. The van der Waals surface area contributed by atoms with E-state index >= 15 is 0 Å². The largest absolute Gasteiger partial charge is 0.497 e. The molecule has 1 rings (SSSR count). The van der Waals surface area contributed by atoms with Crippen LogP contribution in [0.4, 0.5) is 0 Å². The summed E-state index contributed by atoms with van der Waals surface area (Å²) in [6, 6.07) is 7.60. The molecule has 0 radical (unpaired) electrons. The molecule has 0 amide bonds. The minimum Gasteiger partial charge on any atom is -0.497 e. The van der Waals surface area contributed by atoms with E-state index in [2.05, 4.69) is 23.7 Å². The first-order chi connectivity index (χ1) is 6.86. The normalized spacial score (nSPS) is 7.86. The van der Waals surface area contributed by atoms with Crippen molar-refractivity contribution in [1.29, 1.82) is 0 Å². The maximum absolute atomic E-state index is 5.04. The average molecular weight is 184 g/mol. The van der Waals surface area contributed by atoms with Crippen molar-refractivity contribution in [3.05, 3.63) is 29.8 Å². The van der Waals surface area contributed by atoms with E-state index in [1.165, 1.54) is 0 Å². The molecule has 0 aliphatic heterocycles. The third-order valence-electron chi connectivity index (χ3n) is 1.62. The summed E-state index contributed by atoms with van der Waals surface area (Å²) in [6.45, 7) is 2.00. The third kappa shape index (κ3) is 3.25. The van der Waals surface area contributed by atoms with Crippen molar-refractivity contribution in [3.8, 4) is 29.4 Å². The van der Waals surface area contributed by atoms with Crippen LogP contribution >= 0.6 is 0 Å². The van der Waals surface area contributed by atoms with Gasteiger partial charge in [-0.25, -0.2) is 0 Å². The monoisotopic (exact) mass is 184 g/mol. The Kier molecular flexibility index (Phi) is 4.18. The number of hydrogen-bond donors (Lipinski definition) is 0. The lowest BCUT2D eigenvalue weighted by Crippen LogP contribution is -1.81. The van der Waals surface area contributed by atoms with Gasteiger partial charge in [-0.3, -0.25) is 0 Å². The van der Waals surface area contributed by atoms with Crippen molar-refractivity contribution in [2.45, 2.75) is 13.3 Å². The summed E-state index contributed by atoms with van der Waals surface area (Å²) in [5.74, 6) is 12.2. The van der Waals surface area contributed by atoms with Crippen molar-refractivity contribution < 1.29 is 4.74 Å². The summed E-state index contributed by atoms with van der Waals surface area (Å²) in [7, 11) is 1.65. The second-order valence-electron chi connectivity index (χ2n) is 2.63. The minimum absolute atomic E-state index is 0.843. The fourth-order valence-corrected chi connectivity index (χ4v) is 0.910. The lowest BCUT2D eigenvalue weighted by Gasteiger charge is -1.96. The molecule has 0 aromatic heterocycles. The number of methoxy groups -OCH3 is 1. The lowest BCUT2D eigenvalue weighted by atomic mass is 10.2. The maximum Gasteiger partial charge on any atom is 0.118 e. The zero-order valence-corrected chi connectivity index (χ0v) is 8.42. The van der Waals surface area contributed by atoms with Crippen molar-refractivity contribution in [2.24, 2.45) is 0 Å². The molecule has 0 bridgehead atoms. The molecule has 0 saturated carbocycles. The van der Waals surface area contributed by atoms with Crippen molar-refractivity contribution >= 4 is 0 Å². The van der Waals surface area contributed by atoms with Crippen LogP contribution in [0.3, 0.4) is 0 Å². The summed E-state index contributed by atoms with van der Waals surface area (Å²) in [5, 5.41) is 0. The van der Waals surface area contributed by atoms with Gasteiger partial charge in [-0.15, -0.1) is 0 Å². The van der Waals surface area contributed by atoms with Gasteiger partial charge in [0.1, 0.15) is 5.75 Å². The molecule has 0 spiro atoms. The highest BCUT2D eigenvalue weighted by Gasteiger charge is 1.88. The molecule has 1 heteroatoms. The summed E-state index contributed by atoms with van der Waals surface area (Å²) in [5.41, 5.74) is 0.955. The molecule has 0 N–H and O–H groups in total. The first kappa shape index (κ1) is 10.2. The van der Waals surface area contributed by atoms with Gasteiger partial charge in [0.25, 0.3) is 0 Å². The van der Waals surface area contributed by atoms with E-state index in [1.807, 2.05) is 31.2 Å². The first-order valence-electron chi connectivity index (χ1n) is 4.49.